The standard InChI is InChI=1S/C12H16F2N2O/c1-7(2)3-4-17-11-9(13)5-8(12(15)16)6-10(11)14/h5-7H,3-4H2,1-2H3,(H3,15,16). The monoisotopic (exact) mass is 242 g/mol. The molecule has 0 aliphatic heterocycles. The SMILES string of the molecule is CC(C)CCOc1c(F)cc(C(=N)N)cc1F. The van der Waals surface area contributed by atoms with Crippen LogP contribution in [0, 0.1) is 23.0 Å². The van der Waals surface area contributed by atoms with Crippen LogP contribution in [0.15, 0.2) is 12.1 Å². The van der Waals surface area contributed by atoms with E-state index in [-0.39, 0.29) is 18.0 Å². The number of hydrogen-bond acceptors (Lipinski definition) is 2. The number of nitrogens with one attached hydrogen (secondary N) is 1. The summed E-state index contributed by atoms with van der Waals surface area (Å²) in [4.78, 5) is 0. The third-order valence-corrected chi connectivity index (χ3v) is 2.25. The zero-order valence-corrected chi connectivity index (χ0v) is 9.89. The minimum atomic E-state index is -0.834. The molecule has 0 amide bonds. The highest BCUT2D eigenvalue weighted by atomic mass is 19.1. The molecule has 17 heavy (non-hydrogen) atoms. The Morgan fingerprint density at radius 1 is 1.35 bits per heavy atom. The van der Waals surface area contributed by atoms with E-state index in [2.05, 4.69) is 0 Å². The third kappa shape index (κ3) is 3.69. The number of nitrogens with two attached hydrogens (primary N) is 1. The number of benzene rings is 1. The predicted molar refractivity (Wildman–Crippen MR) is 62.3 cm³/mol. The molecule has 0 aromatic heterocycles. The molecule has 0 fully saturated rings. The summed E-state index contributed by atoms with van der Waals surface area (Å²) in [6.07, 6.45) is 0.716. The third-order valence-electron chi connectivity index (χ3n) is 2.25. The smallest absolute Gasteiger partial charge is 0.190 e. The van der Waals surface area contributed by atoms with E-state index in [0.29, 0.717) is 12.3 Å². The van der Waals surface area contributed by atoms with Gasteiger partial charge in [-0.15, -0.1) is 0 Å². The van der Waals surface area contributed by atoms with Crippen molar-refractivity contribution in [2.45, 2.75) is 20.3 Å². The zero-order valence-electron chi connectivity index (χ0n) is 9.89. The van der Waals surface area contributed by atoms with Crippen LogP contribution in [0.2, 0.25) is 0 Å². The molecule has 1 aromatic carbocycles. The average Bonchev–Trinajstić information content (AvgIpc) is 2.21. The molecule has 0 aliphatic rings. The predicted octanol–water partition coefficient (Wildman–Crippen LogP) is 2.67. The summed E-state index contributed by atoms with van der Waals surface area (Å²) in [6.45, 7) is 4.24. The molecule has 3 N–H and O–H groups in total. The van der Waals surface area contributed by atoms with Crippen molar-refractivity contribution in [3.8, 4) is 5.75 Å². The first-order chi connectivity index (χ1) is 7.91. The number of amidine groups is 1. The van der Waals surface area contributed by atoms with Gasteiger partial charge in [-0.2, -0.15) is 0 Å². The Morgan fingerprint density at radius 3 is 2.29 bits per heavy atom. The lowest BCUT2D eigenvalue weighted by Crippen LogP contribution is -2.13. The zero-order chi connectivity index (χ0) is 13.0. The second-order valence-corrected chi connectivity index (χ2v) is 4.21. The molecule has 94 valence electrons. The van der Waals surface area contributed by atoms with Crippen molar-refractivity contribution < 1.29 is 13.5 Å². The number of ether oxygens (including phenoxy) is 1. The van der Waals surface area contributed by atoms with Gasteiger partial charge in [0.2, 0.25) is 0 Å². The van der Waals surface area contributed by atoms with Crippen molar-refractivity contribution in [1.29, 1.82) is 5.41 Å². The topological polar surface area (TPSA) is 59.1 Å². The van der Waals surface area contributed by atoms with E-state index >= 15 is 0 Å². The molecule has 0 heterocycles. The first-order valence-corrected chi connectivity index (χ1v) is 5.38. The lowest BCUT2D eigenvalue weighted by molar-refractivity contribution is 0.263. The van der Waals surface area contributed by atoms with Crippen molar-refractivity contribution in [3.63, 3.8) is 0 Å². The fourth-order valence-electron chi connectivity index (χ4n) is 1.25. The molecule has 0 saturated heterocycles. The van der Waals surface area contributed by atoms with Gasteiger partial charge in [-0.1, -0.05) is 13.8 Å². The number of nitrogen functional groups attached to an aromatic ring is 1. The Labute approximate surface area is 99.1 Å². The van der Waals surface area contributed by atoms with Gasteiger partial charge in [0.05, 0.1) is 6.61 Å². The molecule has 0 saturated carbocycles. The van der Waals surface area contributed by atoms with Gasteiger partial charge >= 0.3 is 0 Å². The van der Waals surface area contributed by atoms with Gasteiger partial charge in [0.1, 0.15) is 5.84 Å². The minimum absolute atomic E-state index is 0.0104. The quantitative estimate of drug-likeness (QED) is 0.616. The van der Waals surface area contributed by atoms with E-state index in [1.165, 1.54) is 0 Å². The molecule has 5 heteroatoms. The van der Waals surface area contributed by atoms with Gasteiger partial charge in [0.25, 0.3) is 0 Å². The summed E-state index contributed by atoms with van der Waals surface area (Å²) >= 11 is 0. The fraction of sp³-hybridized carbons (Fsp3) is 0.417. The molecule has 0 bridgehead atoms. The van der Waals surface area contributed by atoms with Crippen LogP contribution in [-0.4, -0.2) is 12.4 Å². The van der Waals surface area contributed by atoms with Crippen molar-refractivity contribution in [2.75, 3.05) is 6.61 Å². The maximum Gasteiger partial charge on any atom is 0.190 e. The lowest BCUT2D eigenvalue weighted by atomic mass is 10.1. The summed E-state index contributed by atoms with van der Waals surface area (Å²) in [5.41, 5.74) is 5.16. The van der Waals surface area contributed by atoms with Crippen LogP contribution in [0.1, 0.15) is 25.8 Å². The van der Waals surface area contributed by atoms with E-state index in [1.807, 2.05) is 13.8 Å². The Bertz CT molecular complexity index is 396. The highest BCUT2D eigenvalue weighted by molar-refractivity contribution is 5.95. The van der Waals surface area contributed by atoms with Gasteiger partial charge in [-0.3, -0.25) is 5.41 Å². The summed E-state index contributed by atoms with van der Waals surface area (Å²) in [7, 11) is 0. The van der Waals surface area contributed by atoms with E-state index in [4.69, 9.17) is 15.9 Å². The van der Waals surface area contributed by atoms with Crippen molar-refractivity contribution in [1.82, 2.24) is 0 Å². The second kappa shape index (κ2) is 5.61. The van der Waals surface area contributed by atoms with E-state index in [1.54, 1.807) is 0 Å². The number of rotatable bonds is 5. The normalized spacial score (nSPS) is 10.6. The molecular formula is C12H16F2N2O. The Hall–Kier alpha value is -1.65. The van der Waals surface area contributed by atoms with Crippen LogP contribution >= 0.6 is 0 Å². The first kappa shape index (κ1) is 13.4. The van der Waals surface area contributed by atoms with Gasteiger partial charge in [-0.25, -0.2) is 8.78 Å². The largest absolute Gasteiger partial charge is 0.488 e. The summed E-state index contributed by atoms with van der Waals surface area (Å²) in [5.74, 6) is -2.05. The number of halogens is 2. The highest BCUT2D eigenvalue weighted by Crippen LogP contribution is 2.23. The molecule has 0 atom stereocenters. The van der Waals surface area contributed by atoms with E-state index < -0.39 is 17.4 Å². The first-order valence-electron chi connectivity index (χ1n) is 5.38. The van der Waals surface area contributed by atoms with Gasteiger partial charge in [-0.05, 0) is 24.5 Å². The van der Waals surface area contributed by atoms with Crippen LogP contribution < -0.4 is 10.5 Å². The molecule has 0 radical (unpaired) electrons. The van der Waals surface area contributed by atoms with Crippen LogP contribution in [0.3, 0.4) is 0 Å². The molecule has 0 aliphatic carbocycles. The minimum Gasteiger partial charge on any atom is -0.488 e. The lowest BCUT2D eigenvalue weighted by Gasteiger charge is -2.10. The molecule has 0 unspecified atom stereocenters. The van der Waals surface area contributed by atoms with Gasteiger partial charge in [0.15, 0.2) is 17.4 Å². The van der Waals surface area contributed by atoms with Crippen LogP contribution in [-0.2, 0) is 0 Å². The fourth-order valence-corrected chi connectivity index (χ4v) is 1.25. The Morgan fingerprint density at radius 2 is 1.88 bits per heavy atom. The van der Waals surface area contributed by atoms with Gasteiger partial charge < -0.3 is 10.5 Å². The van der Waals surface area contributed by atoms with E-state index in [0.717, 1.165) is 12.1 Å². The van der Waals surface area contributed by atoms with Crippen molar-refractivity contribution in [2.24, 2.45) is 11.7 Å². The summed E-state index contributed by atoms with van der Waals surface area (Å²) in [5, 5.41) is 7.10. The van der Waals surface area contributed by atoms with Crippen molar-refractivity contribution >= 4 is 5.84 Å². The van der Waals surface area contributed by atoms with E-state index in [9.17, 15) is 8.78 Å². The maximum absolute atomic E-state index is 13.5. The molecule has 0 spiro atoms. The average molecular weight is 242 g/mol. The second-order valence-electron chi connectivity index (χ2n) is 4.21. The van der Waals surface area contributed by atoms with Crippen LogP contribution in [0.4, 0.5) is 8.78 Å². The molecule has 1 rings (SSSR count). The highest BCUT2D eigenvalue weighted by Gasteiger charge is 2.13. The number of hydrogen-bond donors (Lipinski definition) is 2. The Kier molecular flexibility index (Phi) is 4.43. The van der Waals surface area contributed by atoms with Gasteiger partial charge in [0, 0.05) is 5.56 Å². The van der Waals surface area contributed by atoms with Crippen LogP contribution in [0.25, 0.3) is 0 Å². The van der Waals surface area contributed by atoms with Crippen LogP contribution in [0.5, 0.6) is 5.75 Å². The summed E-state index contributed by atoms with van der Waals surface area (Å²) < 4.78 is 32.0. The molecule has 1 aromatic rings. The Balaban J connectivity index is 2.83. The summed E-state index contributed by atoms with van der Waals surface area (Å²) in [6, 6.07) is 1.99. The van der Waals surface area contributed by atoms with Crippen molar-refractivity contribution in [3.05, 3.63) is 29.3 Å². The molecule has 3 nitrogen and oxygen atoms in total. The molecular weight excluding hydrogens is 226 g/mol. The maximum atomic E-state index is 13.5.